The Labute approximate surface area is 124 Å². The van der Waals surface area contributed by atoms with Crippen LogP contribution in [-0.4, -0.2) is 11.5 Å². The van der Waals surface area contributed by atoms with Crippen molar-refractivity contribution in [2.75, 3.05) is 11.9 Å². The van der Waals surface area contributed by atoms with Crippen molar-refractivity contribution in [2.24, 2.45) is 0 Å². The maximum Gasteiger partial charge on any atom is 0.127 e. The highest BCUT2D eigenvalue weighted by atomic mass is 79.9. The smallest absolute Gasteiger partial charge is 0.127 e. The number of halogens is 3. The quantitative estimate of drug-likeness (QED) is 0.804. The number of hydrogen-bond donors (Lipinski definition) is 1. The zero-order valence-electron chi connectivity index (χ0n) is 9.46. The van der Waals surface area contributed by atoms with Crippen molar-refractivity contribution >= 4 is 44.9 Å². The van der Waals surface area contributed by atoms with Crippen molar-refractivity contribution in [3.05, 3.63) is 56.6 Å². The van der Waals surface area contributed by atoms with E-state index in [0.29, 0.717) is 10.0 Å². The van der Waals surface area contributed by atoms with E-state index in [1.807, 2.05) is 30.3 Å². The molecular formula is C13H11BrCl2N2. The zero-order chi connectivity index (χ0) is 13.0. The second-order valence-corrected chi connectivity index (χ2v) is 5.41. The Hall–Kier alpha value is -0.770. The van der Waals surface area contributed by atoms with Gasteiger partial charge in [-0.3, -0.25) is 0 Å². The van der Waals surface area contributed by atoms with Gasteiger partial charge in [0, 0.05) is 16.6 Å². The van der Waals surface area contributed by atoms with Crippen molar-refractivity contribution in [1.82, 2.24) is 4.98 Å². The lowest BCUT2D eigenvalue weighted by Crippen LogP contribution is -2.06. The number of anilines is 1. The van der Waals surface area contributed by atoms with Crippen molar-refractivity contribution < 1.29 is 0 Å². The molecule has 0 aliphatic heterocycles. The maximum absolute atomic E-state index is 6.10. The van der Waals surface area contributed by atoms with Crippen molar-refractivity contribution in [1.29, 1.82) is 0 Å². The van der Waals surface area contributed by atoms with Crippen LogP contribution in [0.4, 0.5) is 5.82 Å². The molecule has 0 bridgehead atoms. The first kappa shape index (κ1) is 13.7. The first-order valence-corrected chi connectivity index (χ1v) is 7.00. The summed E-state index contributed by atoms with van der Waals surface area (Å²) in [4.78, 5) is 4.29. The predicted octanol–water partition coefficient (Wildman–Crippen LogP) is 4.81. The number of nitrogens with zero attached hydrogens (tertiary/aromatic N) is 1. The molecule has 1 heterocycles. The van der Waals surface area contributed by atoms with Gasteiger partial charge in [0.1, 0.15) is 10.4 Å². The fourth-order valence-electron chi connectivity index (χ4n) is 1.56. The van der Waals surface area contributed by atoms with Gasteiger partial charge in [0.05, 0.1) is 0 Å². The third kappa shape index (κ3) is 3.87. The van der Waals surface area contributed by atoms with Crippen LogP contribution in [-0.2, 0) is 6.42 Å². The van der Waals surface area contributed by atoms with Gasteiger partial charge in [-0.05, 0) is 52.2 Å². The van der Waals surface area contributed by atoms with Crippen LogP contribution in [0.15, 0.2) is 41.0 Å². The van der Waals surface area contributed by atoms with E-state index in [4.69, 9.17) is 23.2 Å². The van der Waals surface area contributed by atoms with Gasteiger partial charge >= 0.3 is 0 Å². The zero-order valence-corrected chi connectivity index (χ0v) is 12.6. The number of benzene rings is 1. The highest BCUT2D eigenvalue weighted by Crippen LogP contribution is 2.21. The summed E-state index contributed by atoms with van der Waals surface area (Å²) in [6.45, 7) is 0.769. The second kappa shape index (κ2) is 6.41. The van der Waals surface area contributed by atoms with Gasteiger partial charge in [-0.2, -0.15) is 0 Å². The molecule has 94 valence electrons. The molecule has 0 spiro atoms. The molecule has 18 heavy (non-hydrogen) atoms. The highest BCUT2D eigenvalue weighted by molar-refractivity contribution is 9.10. The average molecular weight is 346 g/mol. The maximum atomic E-state index is 6.10. The first-order chi connectivity index (χ1) is 8.65. The minimum Gasteiger partial charge on any atom is -0.370 e. The normalized spacial score (nSPS) is 10.4. The van der Waals surface area contributed by atoms with Crippen molar-refractivity contribution in [3.8, 4) is 0 Å². The van der Waals surface area contributed by atoms with Crippen molar-refractivity contribution in [2.45, 2.75) is 6.42 Å². The van der Waals surface area contributed by atoms with Gasteiger partial charge < -0.3 is 5.32 Å². The Balaban J connectivity index is 1.92. The molecule has 1 aromatic carbocycles. The molecule has 0 aliphatic carbocycles. The van der Waals surface area contributed by atoms with Gasteiger partial charge in [0.2, 0.25) is 0 Å². The Bertz CT molecular complexity index is 546. The third-order valence-electron chi connectivity index (χ3n) is 2.43. The Morgan fingerprint density at radius 2 is 2.00 bits per heavy atom. The predicted molar refractivity (Wildman–Crippen MR) is 80.6 cm³/mol. The minimum atomic E-state index is 0.658. The molecule has 5 heteroatoms. The van der Waals surface area contributed by atoms with Crippen LogP contribution in [0.3, 0.4) is 0 Å². The van der Waals surface area contributed by atoms with Gasteiger partial charge in [-0.1, -0.05) is 35.3 Å². The summed E-state index contributed by atoms with van der Waals surface area (Å²) in [6, 6.07) is 11.3. The van der Waals surface area contributed by atoms with Gasteiger partial charge in [0.15, 0.2) is 0 Å². The average Bonchev–Trinajstić information content (AvgIpc) is 2.32. The number of aromatic nitrogens is 1. The van der Waals surface area contributed by atoms with E-state index in [0.717, 1.165) is 29.0 Å². The molecule has 0 atom stereocenters. The lowest BCUT2D eigenvalue weighted by molar-refractivity contribution is 1.00. The van der Waals surface area contributed by atoms with E-state index in [1.165, 1.54) is 0 Å². The van der Waals surface area contributed by atoms with Gasteiger partial charge in [0.25, 0.3) is 0 Å². The van der Waals surface area contributed by atoms with E-state index in [1.54, 1.807) is 6.07 Å². The van der Waals surface area contributed by atoms with Crippen LogP contribution in [0.2, 0.25) is 10.0 Å². The van der Waals surface area contributed by atoms with E-state index >= 15 is 0 Å². The lowest BCUT2D eigenvalue weighted by atomic mass is 10.1. The monoisotopic (exact) mass is 344 g/mol. The lowest BCUT2D eigenvalue weighted by Gasteiger charge is -2.07. The van der Waals surface area contributed by atoms with Crippen LogP contribution in [0.5, 0.6) is 0 Å². The van der Waals surface area contributed by atoms with E-state index in [2.05, 4.69) is 26.2 Å². The molecule has 0 unspecified atom stereocenters. The number of pyridine rings is 1. The fourth-order valence-corrected chi connectivity index (χ4v) is 2.40. The molecule has 2 nitrogen and oxygen atoms in total. The van der Waals surface area contributed by atoms with E-state index in [9.17, 15) is 0 Å². The highest BCUT2D eigenvalue weighted by Gasteiger charge is 2.01. The van der Waals surface area contributed by atoms with Crippen LogP contribution in [0.1, 0.15) is 5.56 Å². The van der Waals surface area contributed by atoms with Crippen LogP contribution < -0.4 is 5.32 Å². The molecule has 2 aromatic rings. The molecule has 0 aliphatic rings. The molecule has 0 radical (unpaired) electrons. The fraction of sp³-hybridized carbons (Fsp3) is 0.154. The summed E-state index contributed by atoms with van der Waals surface area (Å²) in [5.41, 5.74) is 1.07. The topological polar surface area (TPSA) is 24.9 Å². The molecular weight excluding hydrogens is 335 g/mol. The summed E-state index contributed by atoms with van der Waals surface area (Å²) < 4.78 is 0.817. The summed E-state index contributed by atoms with van der Waals surface area (Å²) in [7, 11) is 0. The molecule has 0 saturated heterocycles. The SMILES string of the molecule is Clc1ccc(CCNc2cccc(Br)n2)c(Cl)c1. The number of hydrogen-bond acceptors (Lipinski definition) is 2. The molecule has 1 N–H and O–H groups in total. The standard InChI is InChI=1S/C13H11BrCl2N2/c14-12-2-1-3-13(18-12)17-7-6-9-4-5-10(15)8-11(9)16/h1-5,8H,6-7H2,(H,17,18). The van der Waals surface area contributed by atoms with Gasteiger partial charge in [-0.15, -0.1) is 0 Å². The number of nitrogens with one attached hydrogen (secondary N) is 1. The Morgan fingerprint density at radius 3 is 2.72 bits per heavy atom. The summed E-state index contributed by atoms with van der Waals surface area (Å²) in [5, 5.41) is 4.60. The van der Waals surface area contributed by atoms with Crippen LogP contribution >= 0.6 is 39.1 Å². The van der Waals surface area contributed by atoms with Crippen molar-refractivity contribution in [3.63, 3.8) is 0 Å². The molecule has 0 saturated carbocycles. The van der Waals surface area contributed by atoms with E-state index in [-0.39, 0.29) is 0 Å². The Morgan fingerprint density at radius 1 is 1.17 bits per heavy atom. The summed E-state index contributed by atoms with van der Waals surface area (Å²) in [5.74, 6) is 0.842. The molecule has 0 fully saturated rings. The van der Waals surface area contributed by atoms with E-state index < -0.39 is 0 Å². The molecule has 1 aromatic heterocycles. The Kier molecular flexibility index (Phi) is 4.87. The van der Waals surface area contributed by atoms with Crippen LogP contribution in [0, 0.1) is 0 Å². The first-order valence-electron chi connectivity index (χ1n) is 5.45. The number of rotatable bonds is 4. The second-order valence-electron chi connectivity index (χ2n) is 3.76. The molecule has 0 amide bonds. The third-order valence-corrected chi connectivity index (χ3v) is 3.46. The molecule has 2 rings (SSSR count). The largest absolute Gasteiger partial charge is 0.370 e. The minimum absolute atomic E-state index is 0.658. The summed E-state index contributed by atoms with van der Waals surface area (Å²) >= 11 is 15.3. The summed E-state index contributed by atoms with van der Waals surface area (Å²) in [6.07, 6.45) is 0.824. The van der Waals surface area contributed by atoms with Crippen LogP contribution in [0.25, 0.3) is 0 Å². The van der Waals surface area contributed by atoms with Gasteiger partial charge in [-0.25, -0.2) is 4.98 Å².